The maximum Gasteiger partial charge on any atom is 0.0541 e. The number of nitrogen functional groups attached to an aromatic ring is 1. The maximum absolute atomic E-state index is 5.84. The average molecular weight is 213 g/mol. The van der Waals surface area contributed by atoms with Gasteiger partial charge in [0.1, 0.15) is 0 Å². The van der Waals surface area contributed by atoms with Gasteiger partial charge in [-0.25, -0.2) is 0 Å². The first-order valence-electron chi connectivity index (χ1n) is 5.30. The van der Waals surface area contributed by atoms with Crippen LogP contribution in [0.5, 0.6) is 0 Å². The van der Waals surface area contributed by atoms with Crippen molar-refractivity contribution < 1.29 is 0 Å². The lowest BCUT2D eigenvalue weighted by atomic mass is 10.2. The van der Waals surface area contributed by atoms with E-state index in [0.717, 1.165) is 30.0 Å². The lowest BCUT2D eigenvalue weighted by Crippen LogP contribution is -2.14. The standard InChI is InChI=1S/C13H15N3/c14-13-7-2-1-5-11(13)9-15-10-12-6-3-4-8-16-12/h1-8,15H,9-10,14H2. The second kappa shape index (κ2) is 5.28. The van der Waals surface area contributed by atoms with Gasteiger partial charge in [-0.1, -0.05) is 24.3 Å². The van der Waals surface area contributed by atoms with E-state index in [2.05, 4.69) is 10.3 Å². The smallest absolute Gasteiger partial charge is 0.0541 e. The molecule has 3 N–H and O–H groups in total. The number of para-hydroxylation sites is 1. The van der Waals surface area contributed by atoms with Gasteiger partial charge in [-0.3, -0.25) is 4.98 Å². The SMILES string of the molecule is Nc1ccccc1CNCc1ccccn1. The zero-order chi connectivity index (χ0) is 11.2. The van der Waals surface area contributed by atoms with Gasteiger partial charge in [0.05, 0.1) is 5.69 Å². The van der Waals surface area contributed by atoms with Crippen molar-refractivity contribution in [1.29, 1.82) is 0 Å². The molecule has 0 bridgehead atoms. The fraction of sp³-hybridized carbons (Fsp3) is 0.154. The predicted octanol–water partition coefficient (Wildman–Crippen LogP) is 1.95. The third-order valence-electron chi connectivity index (χ3n) is 2.40. The van der Waals surface area contributed by atoms with Crippen LogP contribution in [-0.2, 0) is 13.1 Å². The number of nitrogens with zero attached hydrogens (tertiary/aromatic N) is 1. The molecular formula is C13H15N3. The fourth-order valence-electron chi connectivity index (χ4n) is 1.52. The molecule has 0 spiro atoms. The number of hydrogen-bond acceptors (Lipinski definition) is 3. The summed E-state index contributed by atoms with van der Waals surface area (Å²) in [5.74, 6) is 0. The Bertz CT molecular complexity index is 440. The number of anilines is 1. The topological polar surface area (TPSA) is 50.9 Å². The van der Waals surface area contributed by atoms with Crippen molar-refractivity contribution in [3.8, 4) is 0 Å². The fourth-order valence-corrected chi connectivity index (χ4v) is 1.52. The first-order valence-corrected chi connectivity index (χ1v) is 5.30. The van der Waals surface area contributed by atoms with Crippen LogP contribution in [0.3, 0.4) is 0 Å². The van der Waals surface area contributed by atoms with Gasteiger partial charge in [-0.2, -0.15) is 0 Å². The van der Waals surface area contributed by atoms with Crippen LogP contribution in [0.2, 0.25) is 0 Å². The van der Waals surface area contributed by atoms with Crippen LogP contribution in [0.25, 0.3) is 0 Å². The molecule has 82 valence electrons. The summed E-state index contributed by atoms with van der Waals surface area (Å²) >= 11 is 0. The molecule has 2 aromatic rings. The van der Waals surface area contributed by atoms with Gasteiger partial charge in [-0.15, -0.1) is 0 Å². The molecule has 0 unspecified atom stereocenters. The van der Waals surface area contributed by atoms with Crippen LogP contribution < -0.4 is 11.1 Å². The molecule has 0 aliphatic heterocycles. The number of nitrogens with two attached hydrogens (primary N) is 1. The summed E-state index contributed by atoms with van der Waals surface area (Å²) in [4.78, 5) is 4.24. The molecule has 2 rings (SSSR count). The van der Waals surface area contributed by atoms with E-state index in [1.165, 1.54) is 0 Å². The minimum absolute atomic E-state index is 0.759. The summed E-state index contributed by atoms with van der Waals surface area (Å²) in [5.41, 5.74) is 8.84. The van der Waals surface area contributed by atoms with Crippen molar-refractivity contribution in [2.24, 2.45) is 0 Å². The van der Waals surface area contributed by atoms with Crippen LogP contribution in [0, 0.1) is 0 Å². The van der Waals surface area contributed by atoms with Crippen LogP contribution in [0.4, 0.5) is 5.69 Å². The van der Waals surface area contributed by atoms with Gasteiger partial charge >= 0.3 is 0 Å². The van der Waals surface area contributed by atoms with Gasteiger partial charge in [-0.05, 0) is 23.8 Å². The summed E-state index contributed by atoms with van der Waals surface area (Å²) in [5, 5.41) is 3.32. The number of nitrogens with one attached hydrogen (secondary N) is 1. The Hall–Kier alpha value is -1.87. The first-order chi connectivity index (χ1) is 7.86. The highest BCUT2D eigenvalue weighted by Gasteiger charge is 1.97. The van der Waals surface area contributed by atoms with Gasteiger partial charge in [0.25, 0.3) is 0 Å². The highest BCUT2D eigenvalue weighted by atomic mass is 14.9. The third kappa shape index (κ3) is 2.81. The van der Waals surface area contributed by atoms with Crippen LogP contribution >= 0.6 is 0 Å². The Kier molecular flexibility index (Phi) is 3.51. The van der Waals surface area contributed by atoms with Crippen LogP contribution in [0.15, 0.2) is 48.7 Å². The Labute approximate surface area is 95.3 Å². The van der Waals surface area contributed by atoms with E-state index >= 15 is 0 Å². The third-order valence-corrected chi connectivity index (χ3v) is 2.40. The zero-order valence-corrected chi connectivity index (χ0v) is 9.06. The minimum Gasteiger partial charge on any atom is -0.398 e. The molecule has 0 aliphatic carbocycles. The molecule has 0 saturated heterocycles. The molecule has 0 fully saturated rings. The van der Waals surface area contributed by atoms with E-state index < -0.39 is 0 Å². The Balaban J connectivity index is 1.87. The van der Waals surface area contributed by atoms with Gasteiger partial charge < -0.3 is 11.1 Å². The Morgan fingerprint density at radius 1 is 1.00 bits per heavy atom. The van der Waals surface area contributed by atoms with E-state index in [-0.39, 0.29) is 0 Å². The molecule has 16 heavy (non-hydrogen) atoms. The van der Waals surface area contributed by atoms with Crippen LogP contribution in [-0.4, -0.2) is 4.98 Å². The van der Waals surface area contributed by atoms with E-state index in [4.69, 9.17) is 5.73 Å². The highest BCUT2D eigenvalue weighted by Crippen LogP contribution is 2.09. The molecule has 0 amide bonds. The summed E-state index contributed by atoms with van der Waals surface area (Å²) in [6, 6.07) is 13.8. The normalized spacial score (nSPS) is 10.2. The number of pyridine rings is 1. The van der Waals surface area contributed by atoms with Crippen molar-refractivity contribution in [1.82, 2.24) is 10.3 Å². The molecule has 0 radical (unpaired) electrons. The molecule has 1 aromatic heterocycles. The number of benzene rings is 1. The summed E-state index contributed by atoms with van der Waals surface area (Å²) in [6.45, 7) is 1.53. The second-order valence-corrected chi connectivity index (χ2v) is 3.62. The van der Waals surface area contributed by atoms with E-state index in [1.807, 2.05) is 42.5 Å². The van der Waals surface area contributed by atoms with E-state index in [1.54, 1.807) is 6.20 Å². The second-order valence-electron chi connectivity index (χ2n) is 3.62. The Morgan fingerprint density at radius 3 is 2.56 bits per heavy atom. The molecule has 3 nitrogen and oxygen atoms in total. The van der Waals surface area contributed by atoms with Gasteiger partial charge in [0, 0.05) is 25.0 Å². The monoisotopic (exact) mass is 213 g/mol. The summed E-state index contributed by atoms with van der Waals surface area (Å²) < 4.78 is 0. The molecule has 1 aromatic carbocycles. The van der Waals surface area contributed by atoms with E-state index in [0.29, 0.717) is 0 Å². The van der Waals surface area contributed by atoms with Gasteiger partial charge in [0.15, 0.2) is 0 Å². The largest absolute Gasteiger partial charge is 0.398 e. The lowest BCUT2D eigenvalue weighted by Gasteiger charge is -2.06. The molecule has 1 heterocycles. The molecular weight excluding hydrogens is 198 g/mol. The van der Waals surface area contributed by atoms with Crippen molar-refractivity contribution >= 4 is 5.69 Å². The summed E-state index contributed by atoms with van der Waals surface area (Å²) in [6.07, 6.45) is 1.80. The molecule has 0 atom stereocenters. The van der Waals surface area contributed by atoms with Crippen molar-refractivity contribution in [3.05, 3.63) is 59.9 Å². The quantitative estimate of drug-likeness (QED) is 0.763. The van der Waals surface area contributed by atoms with Gasteiger partial charge in [0.2, 0.25) is 0 Å². The molecule has 0 aliphatic rings. The van der Waals surface area contributed by atoms with Crippen molar-refractivity contribution in [2.75, 3.05) is 5.73 Å². The van der Waals surface area contributed by atoms with Crippen molar-refractivity contribution in [3.63, 3.8) is 0 Å². The van der Waals surface area contributed by atoms with Crippen LogP contribution in [0.1, 0.15) is 11.3 Å². The van der Waals surface area contributed by atoms with E-state index in [9.17, 15) is 0 Å². The Morgan fingerprint density at radius 2 is 1.81 bits per heavy atom. The lowest BCUT2D eigenvalue weighted by molar-refractivity contribution is 0.681. The highest BCUT2D eigenvalue weighted by molar-refractivity contribution is 5.46. The predicted molar refractivity (Wildman–Crippen MR) is 65.6 cm³/mol. The molecule has 0 saturated carbocycles. The molecule has 3 heteroatoms. The number of aromatic nitrogens is 1. The number of hydrogen-bond donors (Lipinski definition) is 2. The maximum atomic E-state index is 5.84. The first kappa shape index (κ1) is 10.6. The summed E-state index contributed by atoms with van der Waals surface area (Å²) in [7, 11) is 0. The zero-order valence-electron chi connectivity index (χ0n) is 9.06. The number of rotatable bonds is 4. The average Bonchev–Trinajstić information content (AvgIpc) is 2.33. The van der Waals surface area contributed by atoms with Crippen molar-refractivity contribution in [2.45, 2.75) is 13.1 Å². The minimum atomic E-state index is 0.759.